The third-order valence-corrected chi connectivity index (χ3v) is 1.12. The van der Waals surface area contributed by atoms with Crippen LogP contribution in [0.4, 0.5) is 0 Å². The maximum absolute atomic E-state index is 5.48. The molecule has 4 heteroatoms. The van der Waals surface area contributed by atoms with Gasteiger partial charge in [-0.25, -0.2) is 0 Å². The third kappa shape index (κ3) is 7.84. The van der Waals surface area contributed by atoms with Gasteiger partial charge < -0.3 is 22.5 Å². The molecule has 0 aliphatic carbocycles. The zero-order valence-electron chi connectivity index (χ0n) is 6.51. The maximum Gasteiger partial charge on any atom is 0.0533 e. The van der Waals surface area contributed by atoms with Crippen molar-refractivity contribution < 1.29 is 0 Å². The standard InChI is InChI=1S/C6H18N4/c1-5(7)4-10-3-2-6(8)9/h5-6,10H,2-4,7-9H2,1H3. The molecule has 0 aromatic rings. The van der Waals surface area contributed by atoms with Crippen molar-refractivity contribution in [3.63, 3.8) is 0 Å². The molecule has 0 heterocycles. The van der Waals surface area contributed by atoms with Gasteiger partial charge in [0.2, 0.25) is 0 Å². The predicted molar refractivity (Wildman–Crippen MR) is 43.3 cm³/mol. The molecule has 0 aromatic heterocycles. The molecule has 0 aliphatic rings. The fourth-order valence-corrected chi connectivity index (χ4v) is 0.598. The van der Waals surface area contributed by atoms with E-state index in [0.717, 1.165) is 19.5 Å². The normalized spacial score (nSPS) is 14.1. The summed E-state index contributed by atoms with van der Waals surface area (Å²) in [5, 5.41) is 3.13. The van der Waals surface area contributed by atoms with Gasteiger partial charge in [-0.05, 0) is 19.9 Å². The molecule has 0 aliphatic heterocycles. The minimum absolute atomic E-state index is 0.203. The Morgan fingerprint density at radius 1 is 1.30 bits per heavy atom. The Kier molecular flexibility index (Phi) is 5.52. The van der Waals surface area contributed by atoms with Crippen LogP contribution in [0.1, 0.15) is 13.3 Å². The van der Waals surface area contributed by atoms with Gasteiger partial charge in [0.1, 0.15) is 0 Å². The highest BCUT2D eigenvalue weighted by Gasteiger charge is 1.94. The van der Waals surface area contributed by atoms with E-state index in [1.807, 2.05) is 6.92 Å². The van der Waals surface area contributed by atoms with Gasteiger partial charge in [-0.2, -0.15) is 0 Å². The van der Waals surface area contributed by atoms with Gasteiger partial charge in [0.25, 0.3) is 0 Å². The Labute approximate surface area is 62.1 Å². The molecular formula is C6H18N4. The van der Waals surface area contributed by atoms with E-state index in [-0.39, 0.29) is 12.2 Å². The van der Waals surface area contributed by atoms with Gasteiger partial charge in [0.05, 0.1) is 6.17 Å². The van der Waals surface area contributed by atoms with Crippen molar-refractivity contribution in [3.05, 3.63) is 0 Å². The number of nitrogens with two attached hydrogens (primary N) is 3. The Morgan fingerprint density at radius 2 is 1.90 bits per heavy atom. The first-order valence-electron chi connectivity index (χ1n) is 3.60. The van der Waals surface area contributed by atoms with Crippen LogP contribution in [0.5, 0.6) is 0 Å². The van der Waals surface area contributed by atoms with Crippen molar-refractivity contribution in [3.8, 4) is 0 Å². The Morgan fingerprint density at radius 3 is 2.30 bits per heavy atom. The summed E-state index contributed by atoms with van der Waals surface area (Å²) in [5.74, 6) is 0. The lowest BCUT2D eigenvalue weighted by Gasteiger charge is -2.08. The summed E-state index contributed by atoms with van der Waals surface area (Å²) >= 11 is 0. The molecule has 0 bridgehead atoms. The lowest BCUT2D eigenvalue weighted by molar-refractivity contribution is 0.548. The van der Waals surface area contributed by atoms with Crippen molar-refractivity contribution in [1.82, 2.24) is 5.32 Å². The summed E-state index contributed by atoms with van der Waals surface area (Å²) in [4.78, 5) is 0. The molecule has 1 atom stereocenters. The molecule has 0 spiro atoms. The Balaban J connectivity index is 2.91. The fourth-order valence-electron chi connectivity index (χ4n) is 0.598. The van der Waals surface area contributed by atoms with Gasteiger partial charge >= 0.3 is 0 Å². The van der Waals surface area contributed by atoms with E-state index in [2.05, 4.69) is 5.32 Å². The lowest BCUT2D eigenvalue weighted by atomic mass is 10.3. The van der Waals surface area contributed by atoms with Crippen LogP contribution < -0.4 is 22.5 Å². The minimum Gasteiger partial charge on any atom is -0.327 e. The molecule has 0 fully saturated rings. The second kappa shape index (κ2) is 5.61. The summed E-state index contributed by atoms with van der Waals surface area (Å²) in [5.41, 5.74) is 16.1. The van der Waals surface area contributed by atoms with Crippen molar-refractivity contribution >= 4 is 0 Å². The molecule has 1 unspecified atom stereocenters. The van der Waals surface area contributed by atoms with Crippen LogP contribution in [0, 0.1) is 0 Å². The molecule has 0 saturated heterocycles. The highest BCUT2D eigenvalue weighted by atomic mass is 14.9. The van der Waals surface area contributed by atoms with Crippen molar-refractivity contribution in [2.45, 2.75) is 25.6 Å². The van der Waals surface area contributed by atoms with Crippen LogP contribution >= 0.6 is 0 Å². The van der Waals surface area contributed by atoms with E-state index < -0.39 is 0 Å². The number of hydrogen-bond donors (Lipinski definition) is 4. The second-order valence-corrected chi connectivity index (χ2v) is 2.63. The van der Waals surface area contributed by atoms with E-state index >= 15 is 0 Å². The molecule has 0 amide bonds. The number of nitrogens with one attached hydrogen (secondary N) is 1. The van der Waals surface area contributed by atoms with E-state index in [1.54, 1.807) is 0 Å². The topological polar surface area (TPSA) is 90.1 Å². The highest BCUT2D eigenvalue weighted by molar-refractivity contribution is 4.59. The molecule has 10 heavy (non-hydrogen) atoms. The van der Waals surface area contributed by atoms with E-state index in [1.165, 1.54) is 0 Å². The van der Waals surface area contributed by atoms with Crippen LogP contribution in [0.25, 0.3) is 0 Å². The van der Waals surface area contributed by atoms with Gasteiger partial charge in [-0.15, -0.1) is 0 Å². The first kappa shape index (κ1) is 9.84. The molecule has 0 saturated carbocycles. The first-order valence-corrected chi connectivity index (χ1v) is 3.60. The van der Waals surface area contributed by atoms with Crippen LogP contribution in [-0.2, 0) is 0 Å². The summed E-state index contributed by atoms with van der Waals surface area (Å²) in [7, 11) is 0. The molecular weight excluding hydrogens is 128 g/mol. The molecule has 62 valence electrons. The average Bonchev–Trinajstić information content (AvgIpc) is 1.79. The first-order chi connectivity index (χ1) is 4.63. The molecule has 7 N–H and O–H groups in total. The summed E-state index contributed by atoms with van der Waals surface area (Å²) in [6.07, 6.45) is 0.591. The SMILES string of the molecule is CC(N)CNCCC(N)N. The van der Waals surface area contributed by atoms with Gasteiger partial charge in [-0.3, -0.25) is 0 Å². The summed E-state index contributed by atoms with van der Waals surface area (Å²) in [6, 6.07) is 0.203. The molecule has 0 rings (SSSR count). The van der Waals surface area contributed by atoms with Crippen molar-refractivity contribution in [1.29, 1.82) is 0 Å². The zero-order valence-corrected chi connectivity index (χ0v) is 6.51. The lowest BCUT2D eigenvalue weighted by Crippen LogP contribution is -2.37. The molecule has 0 aromatic carbocycles. The largest absolute Gasteiger partial charge is 0.327 e. The van der Waals surface area contributed by atoms with Crippen LogP contribution in [0.15, 0.2) is 0 Å². The van der Waals surface area contributed by atoms with Crippen molar-refractivity contribution in [2.75, 3.05) is 13.1 Å². The Bertz CT molecular complexity index is 62.1. The minimum atomic E-state index is -0.208. The second-order valence-electron chi connectivity index (χ2n) is 2.63. The quantitative estimate of drug-likeness (QED) is 0.282. The summed E-state index contributed by atoms with van der Waals surface area (Å²) < 4.78 is 0. The van der Waals surface area contributed by atoms with E-state index in [4.69, 9.17) is 17.2 Å². The van der Waals surface area contributed by atoms with Gasteiger partial charge in [0.15, 0.2) is 0 Å². The van der Waals surface area contributed by atoms with Gasteiger partial charge in [-0.1, -0.05) is 0 Å². The molecule has 4 nitrogen and oxygen atoms in total. The van der Waals surface area contributed by atoms with Crippen LogP contribution in [0.2, 0.25) is 0 Å². The third-order valence-electron chi connectivity index (χ3n) is 1.12. The monoisotopic (exact) mass is 146 g/mol. The maximum atomic E-state index is 5.48. The van der Waals surface area contributed by atoms with E-state index in [0.29, 0.717) is 0 Å². The van der Waals surface area contributed by atoms with Crippen LogP contribution in [-0.4, -0.2) is 25.3 Å². The smallest absolute Gasteiger partial charge is 0.0533 e. The Hall–Kier alpha value is -0.160. The van der Waals surface area contributed by atoms with Crippen molar-refractivity contribution in [2.24, 2.45) is 17.2 Å². The molecule has 0 radical (unpaired) electrons. The van der Waals surface area contributed by atoms with E-state index in [9.17, 15) is 0 Å². The highest BCUT2D eigenvalue weighted by Crippen LogP contribution is 1.76. The average molecular weight is 146 g/mol. The number of rotatable bonds is 5. The van der Waals surface area contributed by atoms with Gasteiger partial charge in [0, 0.05) is 12.6 Å². The number of hydrogen-bond acceptors (Lipinski definition) is 4. The fraction of sp³-hybridized carbons (Fsp3) is 1.00. The summed E-state index contributed by atoms with van der Waals surface area (Å²) in [6.45, 7) is 3.63. The zero-order chi connectivity index (χ0) is 7.98. The predicted octanol–water partition coefficient (Wildman–Crippen LogP) is -1.44. The van der Waals surface area contributed by atoms with Crippen LogP contribution in [0.3, 0.4) is 0 Å².